The number of nitrogens with zero attached hydrogens (tertiary/aromatic N) is 2. The van der Waals surface area contributed by atoms with Gasteiger partial charge in [-0.2, -0.15) is 0 Å². The summed E-state index contributed by atoms with van der Waals surface area (Å²) in [6, 6.07) is 7.03. The fraction of sp³-hybridized carbons (Fsp3) is 0.375. The predicted octanol–water partition coefficient (Wildman–Crippen LogP) is 0.260. The second kappa shape index (κ2) is 11.4. The van der Waals surface area contributed by atoms with Crippen molar-refractivity contribution < 1.29 is 28.6 Å². The van der Waals surface area contributed by atoms with Crippen molar-refractivity contribution in [3.63, 3.8) is 0 Å². The summed E-state index contributed by atoms with van der Waals surface area (Å²) in [4.78, 5) is 40.0. The molecule has 1 atom stereocenters. The van der Waals surface area contributed by atoms with E-state index in [2.05, 4.69) is 22.1 Å². The van der Waals surface area contributed by atoms with Crippen LogP contribution in [0, 0.1) is 11.8 Å². The third-order valence-corrected chi connectivity index (χ3v) is 5.28. The Morgan fingerprint density at radius 2 is 1.82 bits per heavy atom. The number of aliphatic hydroxyl groups excluding tert-OH is 1. The first-order chi connectivity index (χ1) is 15.9. The molecule has 1 aliphatic heterocycles. The maximum Gasteiger partial charge on any atom is 0.254 e. The van der Waals surface area contributed by atoms with Gasteiger partial charge in [0.1, 0.15) is 18.6 Å². The molecule has 1 aromatic heterocycles. The maximum atomic E-state index is 12.7. The average molecular weight is 453 g/mol. The van der Waals surface area contributed by atoms with Crippen LogP contribution in [-0.2, 0) is 20.9 Å². The van der Waals surface area contributed by atoms with Crippen LogP contribution in [0.4, 0.5) is 0 Å². The number of ether oxygens (including phenoxy) is 1. The summed E-state index contributed by atoms with van der Waals surface area (Å²) in [7, 11) is 2.70. The van der Waals surface area contributed by atoms with Crippen molar-refractivity contribution in [2.24, 2.45) is 0 Å². The Kier molecular flexibility index (Phi) is 8.38. The lowest BCUT2D eigenvalue weighted by atomic mass is 10.1. The fourth-order valence-corrected chi connectivity index (χ4v) is 3.43. The lowest BCUT2D eigenvalue weighted by molar-refractivity contribution is -0.135. The van der Waals surface area contributed by atoms with E-state index in [0.29, 0.717) is 17.7 Å². The molecule has 2 N–H and O–H groups in total. The molecule has 0 aliphatic carbocycles. The molecule has 1 fully saturated rings. The molecule has 0 bridgehead atoms. The van der Waals surface area contributed by atoms with Gasteiger partial charge in [0.05, 0.1) is 25.3 Å². The van der Waals surface area contributed by atoms with Gasteiger partial charge in [0.15, 0.2) is 11.8 Å². The Morgan fingerprint density at radius 1 is 1.15 bits per heavy atom. The van der Waals surface area contributed by atoms with E-state index in [-0.39, 0.29) is 0 Å². The third-order valence-electron chi connectivity index (χ3n) is 5.28. The molecule has 1 aromatic carbocycles. The minimum atomic E-state index is -1.40. The molecule has 2 heterocycles. The van der Waals surface area contributed by atoms with Crippen molar-refractivity contribution in [3.05, 3.63) is 59.0 Å². The summed E-state index contributed by atoms with van der Waals surface area (Å²) in [5.74, 6) is 4.97. The molecule has 174 valence electrons. The van der Waals surface area contributed by atoms with Crippen molar-refractivity contribution in [2.75, 3.05) is 47.0 Å². The monoisotopic (exact) mass is 453 g/mol. The highest BCUT2D eigenvalue weighted by molar-refractivity contribution is 6.10. The highest BCUT2D eigenvalue weighted by Gasteiger charge is 2.32. The lowest BCUT2D eigenvalue weighted by Crippen LogP contribution is -2.52. The summed E-state index contributed by atoms with van der Waals surface area (Å²) in [5, 5.41) is 11.5. The van der Waals surface area contributed by atoms with Gasteiger partial charge in [-0.15, -0.1) is 0 Å². The molecule has 0 spiro atoms. The van der Waals surface area contributed by atoms with E-state index in [9.17, 15) is 14.4 Å². The number of furan rings is 1. The molecule has 1 saturated heterocycles. The number of ketones is 1. The number of carbonyl (C=O) groups excluding carboxylic acids is 3. The molecular weight excluding hydrogens is 426 g/mol. The number of aliphatic hydroxyl groups is 1. The van der Waals surface area contributed by atoms with Crippen molar-refractivity contribution in [1.82, 2.24) is 15.1 Å². The van der Waals surface area contributed by atoms with Crippen molar-refractivity contribution in [2.45, 2.75) is 12.6 Å². The van der Waals surface area contributed by atoms with Crippen molar-refractivity contribution >= 4 is 17.6 Å². The summed E-state index contributed by atoms with van der Waals surface area (Å²) >= 11 is 0. The molecule has 1 aliphatic rings. The van der Waals surface area contributed by atoms with Gasteiger partial charge in [-0.25, -0.2) is 0 Å². The Balaban J connectivity index is 1.65. The van der Waals surface area contributed by atoms with Crippen LogP contribution in [-0.4, -0.2) is 85.6 Å². The van der Waals surface area contributed by atoms with Gasteiger partial charge in [-0.05, 0) is 30.3 Å². The van der Waals surface area contributed by atoms with Crippen molar-refractivity contribution in [3.8, 4) is 11.8 Å². The Bertz CT molecular complexity index is 1030. The van der Waals surface area contributed by atoms with Crippen LogP contribution in [0.25, 0.3) is 0 Å². The number of hydrogen-bond acceptors (Lipinski definition) is 7. The maximum absolute atomic E-state index is 12.7. The topological polar surface area (TPSA) is 112 Å². The second-order valence-corrected chi connectivity index (χ2v) is 7.57. The third kappa shape index (κ3) is 6.29. The number of benzene rings is 1. The van der Waals surface area contributed by atoms with Gasteiger partial charge in [0.25, 0.3) is 5.91 Å². The number of nitrogens with one attached hydrogen (secondary N) is 1. The van der Waals surface area contributed by atoms with Crippen LogP contribution in [0.15, 0.2) is 41.0 Å². The quantitative estimate of drug-likeness (QED) is 0.457. The summed E-state index contributed by atoms with van der Waals surface area (Å²) < 4.78 is 10.9. The highest BCUT2D eigenvalue weighted by Crippen LogP contribution is 2.13. The van der Waals surface area contributed by atoms with Crippen LogP contribution in [0.3, 0.4) is 0 Å². The van der Waals surface area contributed by atoms with Gasteiger partial charge >= 0.3 is 0 Å². The SMILES string of the molecule is CNC(=O)C(C(=O)CO)N(C)C(=O)c1ccc(C#Cc2coc(CN3CCOCC3)c2)cc1. The molecule has 9 nitrogen and oxygen atoms in total. The van der Waals surface area contributed by atoms with Crippen LogP contribution in [0.5, 0.6) is 0 Å². The van der Waals surface area contributed by atoms with E-state index in [1.165, 1.54) is 14.1 Å². The fourth-order valence-electron chi connectivity index (χ4n) is 3.43. The van der Waals surface area contributed by atoms with Crippen molar-refractivity contribution in [1.29, 1.82) is 0 Å². The number of morpholine rings is 1. The van der Waals surface area contributed by atoms with Crippen LogP contribution in [0.2, 0.25) is 0 Å². The van der Waals surface area contributed by atoms with Gasteiger partial charge < -0.3 is 24.5 Å². The summed E-state index contributed by atoms with van der Waals surface area (Å²) in [6.45, 7) is 3.08. The second-order valence-electron chi connectivity index (χ2n) is 7.57. The van der Waals surface area contributed by atoms with Gasteiger partial charge in [-0.1, -0.05) is 11.8 Å². The minimum absolute atomic E-state index is 0.291. The number of carbonyl (C=O) groups is 3. The molecule has 2 amide bonds. The number of rotatable bonds is 7. The average Bonchev–Trinajstić information content (AvgIpc) is 3.30. The lowest BCUT2D eigenvalue weighted by Gasteiger charge is -2.25. The largest absolute Gasteiger partial charge is 0.467 e. The smallest absolute Gasteiger partial charge is 0.254 e. The first-order valence-corrected chi connectivity index (χ1v) is 10.5. The van der Waals surface area contributed by atoms with E-state index in [0.717, 1.165) is 42.5 Å². The standard InChI is InChI=1S/C24H27N3O6/c1-25-23(30)22(21(29)15-28)26(2)24(31)19-7-5-17(6-8-19)3-4-18-13-20(33-16-18)14-27-9-11-32-12-10-27/h5-8,13,16,22,28H,9-12,14-15H2,1-2H3,(H,25,30). The zero-order valence-electron chi connectivity index (χ0n) is 18.7. The Morgan fingerprint density at radius 3 is 2.45 bits per heavy atom. The zero-order valence-corrected chi connectivity index (χ0v) is 18.7. The van der Waals surface area contributed by atoms with Gasteiger partial charge in [0.2, 0.25) is 5.91 Å². The van der Waals surface area contributed by atoms with Crippen LogP contribution >= 0.6 is 0 Å². The molecule has 1 unspecified atom stereocenters. The predicted molar refractivity (Wildman–Crippen MR) is 119 cm³/mol. The number of hydrogen-bond donors (Lipinski definition) is 2. The molecule has 3 rings (SSSR count). The number of likely N-dealkylation sites (N-methyl/N-ethyl adjacent to an activating group) is 2. The van der Waals surface area contributed by atoms with E-state index in [1.54, 1.807) is 30.5 Å². The molecule has 33 heavy (non-hydrogen) atoms. The van der Waals surface area contributed by atoms with E-state index in [1.807, 2.05) is 6.07 Å². The molecule has 2 aromatic rings. The van der Waals surface area contributed by atoms with Crippen LogP contribution < -0.4 is 5.32 Å². The van der Waals surface area contributed by atoms with Gasteiger partial charge in [0, 0.05) is 38.3 Å². The van der Waals surface area contributed by atoms with E-state index < -0.39 is 30.2 Å². The van der Waals surface area contributed by atoms with E-state index >= 15 is 0 Å². The molecule has 0 radical (unpaired) electrons. The van der Waals surface area contributed by atoms with Crippen LogP contribution in [0.1, 0.15) is 27.2 Å². The first-order valence-electron chi connectivity index (χ1n) is 10.5. The Labute approximate surface area is 192 Å². The zero-order chi connectivity index (χ0) is 23.8. The summed E-state index contributed by atoms with van der Waals surface area (Å²) in [6.07, 6.45) is 1.62. The molecular formula is C24H27N3O6. The van der Waals surface area contributed by atoms with E-state index in [4.69, 9.17) is 14.3 Å². The van der Waals surface area contributed by atoms with Gasteiger partial charge in [-0.3, -0.25) is 19.3 Å². The number of amides is 2. The molecule has 9 heteroatoms. The highest BCUT2D eigenvalue weighted by atomic mass is 16.5. The normalized spacial score (nSPS) is 14.6. The number of Topliss-reactive ketones (excluding diaryl/α,β-unsaturated/α-hetero) is 1. The Hall–Kier alpha value is -3.45. The first kappa shape index (κ1) is 24.2. The molecule has 0 saturated carbocycles. The summed E-state index contributed by atoms with van der Waals surface area (Å²) in [5.41, 5.74) is 1.74. The minimum Gasteiger partial charge on any atom is -0.467 e.